The Balaban J connectivity index is 0.764. The molecule has 115 heavy (non-hydrogen) atoms. The molecule has 41 atom stereocenters. The van der Waals surface area contributed by atoms with Crippen LogP contribution in [0.5, 0.6) is 0 Å². The van der Waals surface area contributed by atoms with Crippen LogP contribution < -0.4 is 0 Å². The highest BCUT2D eigenvalue weighted by Crippen LogP contribution is 2.76. The van der Waals surface area contributed by atoms with Crippen LogP contribution in [0.2, 0.25) is 0 Å². The molecule has 5 aliphatic carbocycles. The molecule has 12 aliphatic rings. The van der Waals surface area contributed by atoms with Gasteiger partial charge in [0.2, 0.25) is 6.29 Å². The van der Waals surface area contributed by atoms with Gasteiger partial charge in [0.25, 0.3) is 0 Å². The Morgan fingerprint density at radius 1 is 0.539 bits per heavy atom. The van der Waals surface area contributed by atoms with Crippen molar-refractivity contribution in [2.75, 3.05) is 46.2 Å². The molecule has 11 fully saturated rings. The van der Waals surface area contributed by atoms with Crippen molar-refractivity contribution in [2.45, 2.75) is 341 Å². The van der Waals surface area contributed by atoms with Gasteiger partial charge in [0.05, 0.1) is 69.1 Å². The van der Waals surface area contributed by atoms with Crippen molar-refractivity contribution < 1.29 is 183 Å². The van der Waals surface area contributed by atoms with Gasteiger partial charge in [-0.2, -0.15) is 0 Å². The first-order valence-corrected chi connectivity index (χ1v) is 40.2. The number of aliphatic hydroxyl groups is 20. The Kier molecular flexibility index (Phi) is 27.9. The number of aliphatic hydroxyl groups excluding tert-OH is 19. The molecule has 7 heterocycles. The quantitative estimate of drug-likeness (QED) is 0.0197. The van der Waals surface area contributed by atoms with Crippen LogP contribution in [0.1, 0.15) is 133 Å². The Labute approximate surface area is 666 Å². The molecule has 0 aromatic heterocycles. The van der Waals surface area contributed by atoms with E-state index in [-0.39, 0.29) is 43.1 Å². The largest absolute Gasteiger partial charge is 0.459 e. The third-order valence-electron chi connectivity index (χ3n) is 28.3. The van der Waals surface area contributed by atoms with Gasteiger partial charge in [-0.05, 0) is 129 Å². The smallest absolute Gasteiger partial charge is 0.336 e. The molecule has 0 amide bonds. The highest BCUT2D eigenvalue weighted by atomic mass is 16.8. The van der Waals surface area contributed by atoms with Crippen molar-refractivity contribution in [1.29, 1.82) is 0 Å². The van der Waals surface area contributed by atoms with Crippen molar-refractivity contribution in [3.63, 3.8) is 0 Å². The molecule has 0 radical (unpaired) electrons. The molecule has 41 unspecified atom stereocenters. The van der Waals surface area contributed by atoms with Gasteiger partial charge in [-0.1, -0.05) is 72.3 Å². The van der Waals surface area contributed by atoms with E-state index in [0.717, 1.165) is 5.57 Å². The minimum Gasteiger partial charge on any atom is -0.459 e. The van der Waals surface area contributed by atoms with Crippen LogP contribution >= 0.6 is 0 Å². The minimum atomic E-state index is -2.15. The molecule has 37 heteroatoms. The molecule has 0 spiro atoms. The molecule has 658 valence electrons. The zero-order valence-electron chi connectivity index (χ0n) is 66.3. The summed E-state index contributed by atoms with van der Waals surface area (Å²) >= 11 is 0. The summed E-state index contributed by atoms with van der Waals surface area (Å²) < 4.78 is 89.2. The number of hydrogen-bond donors (Lipinski definition) is 20. The van der Waals surface area contributed by atoms with Crippen LogP contribution in [0.15, 0.2) is 36.0 Å². The summed E-state index contributed by atoms with van der Waals surface area (Å²) in [4.78, 5) is 29.7. The fraction of sp³-hybridized carbons (Fsp3) is 0.897. The number of carbonyl (C=O) groups excluding carboxylic acids is 2. The number of rotatable bonds is 23. The lowest BCUT2D eigenvalue weighted by molar-refractivity contribution is -0.379. The second-order valence-corrected chi connectivity index (χ2v) is 36.4. The van der Waals surface area contributed by atoms with Gasteiger partial charge in [-0.3, -0.25) is 4.79 Å². The van der Waals surface area contributed by atoms with Crippen molar-refractivity contribution in [1.82, 2.24) is 0 Å². The molecule has 37 nitrogen and oxygen atoms in total. The molecular formula is C78H124O37. The van der Waals surface area contributed by atoms with Crippen LogP contribution in [0.4, 0.5) is 0 Å². The van der Waals surface area contributed by atoms with Crippen molar-refractivity contribution >= 4 is 11.9 Å². The topological polar surface area (TPSA) is 577 Å². The van der Waals surface area contributed by atoms with Crippen molar-refractivity contribution in [3.05, 3.63) is 36.0 Å². The summed E-state index contributed by atoms with van der Waals surface area (Å²) in [7, 11) is 0. The van der Waals surface area contributed by atoms with Crippen LogP contribution in [0.3, 0.4) is 0 Å². The van der Waals surface area contributed by atoms with Gasteiger partial charge >= 0.3 is 11.9 Å². The fourth-order valence-corrected chi connectivity index (χ4v) is 20.9. The summed E-state index contributed by atoms with van der Waals surface area (Å²) in [6.45, 7) is 17.5. The van der Waals surface area contributed by atoms with Crippen molar-refractivity contribution in [2.24, 2.45) is 50.2 Å². The SMILES string of the molecule is C=CC(C)(O)CCC=C(CO)C(=O)OCC1OC(OC(=O)C23CCC(C)(C)CC2C2=CCC4C5(C)CCC(OC6OC(COC7OCC(O)C(O)C7OC7OCC(O)C(O)C7O)C(O)C(O)C6O)C(C)(C)C5CCC4(C)C2(C)CC3O)C(OC2OC(C)C(OC3OCC(O)C(OC4OCC(O)C(O)C4O)C3O)C(O)C2O)C(O)C1O. The Morgan fingerprint density at radius 2 is 1.06 bits per heavy atom. The van der Waals surface area contributed by atoms with Crippen LogP contribution in [-0.2, 0) is 80.6 Å². The van der Waals surface area contributed by atoms with Gasteiger partial charge in [0, 0.05) is 0 Å². The first-order valence-electron chi connectivity index (χ1n) is 40.2. The average Bonchev–Trinajstić information content (AvgIpc) is 0.670. The van der Waals surface area contributed by atoms with E-state index in [9.17, 15) is 107 Å². The minimum absolute atomic E-state index is 0.0325. The zero-order valence-corrected chi connectivity index (χ0v) is 66.3. The monoisotopic (exact) mass is 1650 g/mol. The highest BCUT2D eigenvalue weighted by Gasteiger charge is 2.73. The number of allylic oxidation sites excluding steroid dienone is 3. The Hall–Kier alpha value is -3.16. The molecule has 4 saturated carbocycles. The van der Waals surface area contributed by atoms with Gasteiger partial charge in [-0.25, -0.2) is 4.79 Å². The number of esters is 2. The summed E-state index contributed by atoms with van der Waals surface area (Å²) in [6, 6.07) is 0. The zero-order chi connectivity index (χ0) is 84.0. The normalized spacial score (nSPS) is 50.5. The lowest BCUT2D eigenvalue weighted by atomic mass is 9.33. The summed E-state index contributed by atoms with van der Waals surface area (Å²) in [6.07, 6.45) is -46.4. The predicted molar refractivity (Wildman–Crippen MR) is 386 cm³/mol. The molecule has 7 saturated heterocycles. The second-order valence-electron chi connectivity index (χ2n) is 36.4. The number of ether oxygens (including phenoxy) is 15. The van der Waals surface area contributed by atoms with Gasteiger partial charge in [0.15, 0.2) is 43.8 Å². The van der Waals surface area contributed by atoms with E-state index in [4.69, 9.17) is 71.1 Å². The van der Waals surface area contributed by atoms with Gasteiger partial charge < -0.3 is 173 Å². The van der Waals surface area contributed by atoms with Crippen LogP contribution in [-0.4, -0.2) is 369 Å². The van der Waals surface area contributed by atoms with E-state index in [1.807, 2.05) is 0 Å². The van der Waals surface area contributed by atoms with Gasteiger partial charge in [-0.15, -0.1) is 6.58 Å². The maximum atomic E-state index is 16.1. The number of carbonyl (C=O) groups is 2. The molecule has 7 aliphatic heterocycles. The maximum absolute atomic E-state index is 16.1. The predicted octanol–water partition coefficient (Wildman–Crippen LogP) is -4.82. The molecule has 0 aromatic rings. The molecule has 0 aromatic carbocycles. The lowest BCUT2D eigenvalue weighted by Gasteiger charge is -2.71. The van der Waals surface area contributed by atoms with E-state index >= 15 is 4.79 Å². The lowest BCUT2D eigenvalue weighted by Crippen LogP contribution is -2.69. The van der Waals surface area contributed by atoms with Crippen LogP contribution in [0, 0.1) is 50.2 Å². The van der Waals surface area contributed by atoms with E-state index in [1.54, 1.807) is 0 Å². The first-order chi connectivity index (χ1) is 53.9. The third kappa shape index (κ3) is 17.3. The van der Waals surface area contributed by atoms with E-state index in [1.165, 1.54) is 26.0 Å². The molecular weight excluding hydrogens is 1530 g/mol. The standard InChI is InChI=1S/C78H124O37/c1-11-74(7,100)18-12-13-33(25-79)63(98)101-30-40-50(89)52(91)62(114-67-57(96)53(92)59(32(2)107-67)111-66-58(97)60(39(83)29-104-66)112-64-54(93)46(85)36(80)26-102-64)70(109-40)115-71(99)78-22-21-72(3,4)23-35(78)34-14-15-43-75(8)19-17-45(73(5,6)42(75)16-20-76(43,9)77(34,10)24-44(78)84)110-68-56(95)51(90)49(88)41(108-68)31-106-69-61(48(87)38(82)28-105-69)113-65-55(94)47(86)37(81)27-103-65/h11,13-14,32,35-62,64-70,79-97,100H,1,12,15-31H2,2-10H3. The Morgan fingerprint density at radius 3 is 1.70 bits per heavy atom. The maximum Gasteiger partial charge on any atom is 0.336 e. The summed E-state index contributed by atoms with van der Waals surface area (Å²) in [5.74, 6) is -2.81. The van der Waals surface area contributed by atoms with E-state index in [0.29, 0.717) is 44.9 Å². The molecule has 20 N–H and O–H groups in total. The first kappa shape index (κ1) is 91.1. The van der Waals surface area contributed by atoms with Gasteiger partial charge in [0.1, 0.15) is 146 Å². The summed E-state index contributed by atoms with van der Waals surface area (Å²) in [5.41, 5.74) is -5.11. The highest BCUT2D eigenvalue weighted by molar-refractivity contribution is 5.88. The molecule has 0 bridgehead atoms. The van der Waals surface area contributed by atoms with Crippen molar-refractivity contribution in [3.8, 4) is 0 Å². The van der Waals surface area contributed by atoms with Crippen LogP contribution in [0.25, 0.3) is 0 Å². The van der Waals surface area contributed by atoms with E-state index in [2.05, 4.69) is 61.1 Å². The second kappa shape index (κ2) is 35.2. The third-order valence-corrected chi connectivity index (χ3v) is 28.3. The van der Waals surface area contributed by atoms with E-state index < -0.39 is 305 Å². The molecule has 12 rings (SSSR count). The number of fused-ring (bicyclic) bond motifs is 7. The number of hydrogen-bond acceptors (Lipinski definition) is 37. The Bertz CT molecular complexity index is 3380. The summed E-state index contributed by atoms with van der Waals surface area (Å²) in [5, 5.41) is 222. The fourth-order valence-electron chi connectivity index (χ4n) is 20.9. The average molecular weight is 1650 g/mol.